The summed E-state index contributed by atoms with van der Waals surface area (Å²) < 4.78 is 0. The second-order valence-corrected chi connectivity index (χ2v) is 4.70. The number of aliphatic hydroxyl groups excluding tert-OH is 1. The molecule has 1 atom stereocenters. The molecular formula is C11H13NOS. The molecule has 1 aromatic rings. The first-order valence-electron chi connectivity index (χ1n) is 4.45. The van der Waals surface area contributed by atoms with Crippen molar-refractivity contribution < 1.29 is 5.11 Å². The molecule has 0 bridgehead atoms. The molecule has 0 heterocycles. The lowest BCUT2D eigenvalue weighted by atomic mass is 10.2. The lowest BCUT2D eigenvalue weighted by molar-refractivity contribution is 0.300. The van der Waals surface area contributed by atoms with Crippen LogP contribution in [0.2, 0.25) is 0 Å². The molecule has 1 unspecified atom stereocenters. The van der Waals surface area contributed by atoms with Crippen molar-refractivity contribution in [3.8, 4) is 6.07 Å². The number of rotatable bonds is 3. The van der Waals surface area contributed by atoms with E-state index in [1.54, 1.807) is 0 Å². The SMILES string of the molecule is Cc1ccc(C#N)c(SC(C)CO)c1. The van der Waals surface area contributed by atoms with E-state index in [-0.39, 0.29) is 11.9 Å². The smallest absolute Gasteiger partial charge is 0.100 e. The quantitative estimate of drug-likeness (QED) is 0.774. The molecule has 0 aliphatic heterocycles. The Morgan fingerprint density at radius 1 is 1.57 bits per heavy atom. The monoisotopic (exact) mass is 207 g/mol. The number of nitriles is 1. The molecule has 1 N–H and O–H groups in total. The fourth-order valence-corrected chi connectivity index (χ4v) is 2.08. The van der Waals surface area contributed by atoms with Gasteiger partial charge in [0.05, 0.1) is 12.2 Å². The Bertz CT molecular complexity index is 357. The minimum Gasteiger partial charge on any atom is -0.395 e. The van der Waals surface area contributed by atoms with Crippen LogP contribution in [0.3, 0.4) is 0 Å². The normalized spacial score (nSPS) is 12.1. The van der Waals surface area contributed by atoms with Crippen molar-refractivity contribution in [2.45, 2.75) is 24.0 Å². The van der Waals surface area contributed by atoms with Gasteiger partial charge in [-0.15, -0.1) is 11.8 Å². The van der Waals surface area contributed by atoms with Gasteiger partial charge in [0.25, 0.3) is 0 Å². The molecule has 14 heavy (non-hydrogen) atoms. The van der Waals surface area contributed by atoms with E-state index in [0.29, 0.717) is 5.56 Å². The number of aliphatic hydroxyl groups is 1. The van der Waals surface area contributed by atoms with E-state index in [1.807, 2.05) is 32.0 Å². The first-order chi connectivity index (χ1) is 6.67. The highest BCUT2D eigenvalue weighted by Gasteiger charge is 2.07. The molecule has 0 saturated heterocycles. The van der Waals surface area contributed by atoms with E-state index in [2.05, 4.69) is 6.07 Å². The summed E-state index contributed by atoms with van der Waals surface area (Å²) in [5.41, 5.74) is 1.82. The van der Waals surface area contributed by atoms with Crippen molar-refractivity contribution in [3.05, 3.63) is 29.3 Å². The molecular weight excluding hydrogens is 194 g/mol. The summed E-state index contributed by atoms with van der Waals surface area (Å²) in [6.07, 6.45) is 0. The number of aryl methyl sites for hydroxylation is 1. The predicted octanol–water partition coefficient (Wildman–Crippen LogP) is 2.34. The van der Waals surface area contributed by atoms with Crippen molar-refractivity contribution in [1.29, 1.82) is 5.26 Å². The third kappa shape index (κ3) is 2.76. The van der Waals surface area contributed by atoms with Gasteiger partial charge in [0.2, 0.25) is 0 Å². The summed E-state index contributed by atoms with van der Waals surface area (Å²) in [4.78, 5) is 0.953. The van der Waals surface area contributed by atoms with E-state index in [1.165, 1.54) is 11.8 Å². The van der Waals surface area contributed by atoms with Gasteiger partial charge < -0.3 is 5.11 Å². The van der Waals surface area contributed by atoms with Gasteiger partial charge >= 0.3 is 0 Å². The van der Waals surface area contributed by atoms with Crippen LogP contribution in [0.15, 0.2) is 23.1 Å². The molecule has 0 fully saturated rings. The topological polar surface area (TPSA) is 44.0 Å². The Hall–Kier alpha value is -0.980. The fraction of sp³-hybridized carbons (Fsp3) is 0.364. The zero-order chi connectivity index (χ0) is 10.6. The second kappa shape index (κ2) is 5.04. The minimum atomic E-state index is 0.128. The molecule has 1 rings (SSSR count). The molecule has 0 aliphatic rings. The van der Waals surface area contributed by atoms with Gasteiger partial charge in [0.15, 0.2) is 0 Å². The van der Waals surface area contributed by atoms with E-state index in [4.69, 9.17) is 10.4 Å². The van der Waals surface area contributed by atoms with Gasteiger partial charge in [-0.05, 0) is 24.6 Å². The van der Waals surface area contributed by atoms with E-state index >= 15 is 0 Å². The van der Waals surface area contributed by atoms with Gasteiger partial charge in [-0.2, -0.15) is 5.26 Å². The largest absolute Gasteiger partial charge is 0.395 e. The number of hydrogen-bond acceptors (Lipinski definition) is 3. The first kappa shape index (κ1) is 11.1. The summed E-state index contributed by atoms with van der Waals surface area (Å²) in [6, 6.07) is 7.88. The van der Waals surface area contributed by atoms with Crippen molar-refractivity contribution in [2.24, 2.45) is 0 Å². The Kier molecular flexibility index (Phi) is 3.99. The first-order valence-corrected chi connectivity index (χ1v) is 5.33. The van der Waals surface area contributed by atoms with E-state index < -0.39 is 0 Å². The minimum absolute atomic E-state index is 0.128. The zero-order valence-corrected chi connectivity index (χ0v) is 9.14. The molecule has 74 valence electrons. The van der Waals surface area contributed by atoms with E-state index in [9.17, 15) is 0 Å². The molecule has 0 spiro atoms. The maximum atomic E-state index is 8.93. The summed E-state index contributed by atoms with van der Waals surface area (Å²) >= 11 is 1.54. The summed E-state index contributed by atoms with van der Waals surface area (Å²) in [7, 11) is 0. The third-order valence-corrected chi connectivity index (χ3v) is 2.99. The van der Waals surface area contributed by atoms with Gasteiger partial charge in [-0.3, -0.25) is 0 Å². The van der Waals surface area contributed by atoms with Crippen molar-refractivity contribution in [3.63, 3.8) is 0 Å². The maximum absolute atomic E-state index is 8.93. The second-order valence-electron chi connectivity index (χ2n) is 3.22. The predicted molar refractivity (Wildman–Crippen MR) is 58.3 cm³/mol. The highest BCUT2D eigenvalue weighted by Crippen LogP contribution is 2.27. The van der Waals surface area contributed by atoms with Gasteiger partial charge in [-0.1, -0.05) is 13.0 Å². The Balaban J connectivity index is 2.94. The van der Waals surface area contributed by atoms with Crippen LogP contribution < -0.4 is 0 Å². The van der Waals surface area contributed by atoms with Crippen LogP contribution in [0.5, 0.6) is 0 Å². The number of nitrogens with zero attached hydrogens (tertiary/aromatic N) is 1. The molecule has 2 nitrogen and oxygen atoms in total. The highest BCUT2D eigenvalue weighted by molar-refractivity contribution is 8.00. The fourth-order valence-electron chi connectivity index (χ4n) is 1.07. The Labute approximate surface area is 88.6 Å². The Morgan fingerprint density at radius 3 is 2.86 bits per heavy atom. The summed E-state index contributed by atoms with van der Waals surface area (Å²) in [5.74, 6) is 0. The Morgan fingerprint density at radius 2 is 2.29 bits per heavy atom. The summed E-state index contributed by atoms with van der Waals surface area (Å²) in [6.45, 7) is 4.06. The van der Waals surface area contributed by atoms with Crippen LogP contribution in [-0.2, 0) is 0 Å². The lowest BCUT2D eigenvalue weighted by Crippen LogP contribution is -2.02. The molecule has 0 saturated carbocycles. The van der Waals surface area contributed by atoms with Crippen LogP contribution in [0.25, 0.3) is 0 Å². The van der Waals surface area contributed by atoms with Crippen molar-refractivity contribution >= 4 is 11.8 Å². The van der Waals surface area contributed by atoms with Crippen molar-refractivity contribution in [1.82, 2.24) is 0 Å². The highest BCUT2D eigenvalue weighted by atomic mass is 32.2. The maximum Gasteiger partial charge on any atom is 0.100 e. The molecule has 0 amide bonds. The lowest BCUT2D eigenvalue weighted by Gasteiger charge is -2.09. The zero-order valence-electron chi connectivity index (χ0n) is 8.32. The van der Waals surface area contributed by atoms with Crippen LogP contribution >= 0.6 is 11.8 Å². The van der Waals surface area contributed by atoms with Gasteiger partial charge in [0.1, 0.15) is 6.07 Å². The molecule has 3 heteroatoms. The number of hydrogen-bond donors (Lipinski definition) is 1. The van der Waals surface area contributed by atoms with Gasteiger partial charge in [0, 0.05) is 10.1 Å². The van der Waals surface area contributed by atoms with E-state index in [0.717, 1.165) is 10.5 Å². The van der Waals surface area contributed by atoms with Crippen LogP contribution in [-0.4, -0.2) is 17.0 Å². The molecule has 0 radical (unpaired) electrons. The van der Waals surface area contributed by atoms with Crippen molar-refractivity contribution in [2.75, 3.05) is 6.61 Å². The third-order valence-electron chi connectivity index (χ3n) is 1.84. The molecule has 0 aliphatic carbocycles. The average molecular weight is 207 g/mol. The number of benzene rings is 1. The van der Waals surface area contributed by atoms with Crippen LogP contribution in [0, 0.1) is 18.3 Å². The van der Waals surface area contributed by atoms with Crippen LogP contribution in [0.1, 0.15) is 18.1 Å². The standard InChI is InChI=1S/C11H13NOS/c1-8-3-4-10(6-12)11(5-8)14-9(2)7-13/h3-5,9,13H,7H2,1-2H3. The van der Waals surface area contributed by atoms with Gasteiger partial charge in [-0.25, -0.2) is 0 Å². The molecule has 1 aromatic carbocycles. The average Bonchev–Trinajstić information content (AvgIpc) is 2.18. The number of thioether (sulfide) groups is 1. The molecule has 0 aromatic heterocycles. The van der Waals surface area contributed by atoms with Crippen LogP contribution in [0.4, 0.5) is 0 Å². The summed E-state index contributed by atoms with van der Waals surface area (Å²) in [5, 5.41) is 17.9.